The molecule has 0 fully saturated rings. The molecule has 40 heavy (non-hydrogen) atoms. The van der Waals surface area contributed by atoms with E-state index in [9.17, 15) is 0 Å². The van der Waals surface area contributed by atoms with Crippen LogP contribution in [-0.4, -0.2) is 40.6 Å². The minimum absolute atomic E-state index is 0.0728. The van der Waals surface area contributed by atoms with Crippen LogP contribution in [0.3, 0.4) is 0 Å². The molecule has 4 aromatic rings. The summed E-state index contributed by atoms with van der Waals surface area (Å²) in [7, 11) is 6.97. The third kappa shape index (κ3) is 4.00. The summed E-state index contributed by atoms with van der Waals surface area (Å²) in [4.78, 5) is 0. The lowest BCUT2D eigenvalue weighted by molar-refractivity contribution is -0.00671. The Hall–Kier alpha value is -3.48. The summed E-state index contributed by atoms with van der Waals surface area (Å²) in [6, 6.07) is 13.0. The Kier molecular flexibility index (Phi) is 6.79. The molecule has 0 unspecified atom stereocenters. The van der Waals surface area contributed by atoms with Crippen molar-refractivity contribution < 1.29 is 28.4 Å². The van der Waals surface area contributed by atoms with Crippen LogP contribution in [0, 0.1) is 0 Å². The van der Waals surface area contributed by atoms with Crippen molar-refractivity contribution in [3.63, 3.8) is 0 Å². The van der Waals surface area contributed by atoms with Crippen LogP contribution in [0.4, 0.5) is 0 Å². The van der Waals surface area contributed by atoms with Gasteiger partial charge in [0.15, 0.2) is 0 Å². The molecule has 6 rings (SSSR count). The van der Waals surface area contributed by atoms with Gasteiger partial charge in [0.2, 0.25) is 0 Å². The van der Waals surface area contributed by atoms with Crippen molar-refractivity contribution in [2.45, 2.75) is 65.0 Å². The molecule has 2 aliphatic rings. The van der Waals surface area contributed by atoms with E-state index in [1.807, 2.05) is 0 Å². The van der Waals surface area contributed by atoms with Gasteiger partial charge in [-0.25, -0.2) is 0 Å². The van der Waals surface area contributed by atoms with Gasteiger partial charge in [0, 0.05) is 56.6 Å². The zero-order valence-corrected chi connectivity index (χ0v) is 24.6. The molecule has 0 N–H and O–H groups in total. The second kappa shape index (κ2) is 10.2. The molecule has 2 heterocycles. The highest BCUT2D eigenvalue weighted by atomic mass is 16.5. The molecule has 0 radical (unpaired) electrons. The largest absolute Gasteiger partial charge is 0.496 e. The monoisotopic (exact) mass is 542 g/mol. The Morgan fingerprint density at radius 2 is 0.900 bits per heavy atom. The first-order chi connectivity index (χ1) is 19.3. The van der Waals surface area contributed by atoms with Gasteiger partial charge in [-0.3, -0.25) is 0 Å². The number of ether oxygens (including phenoxy) is 6. The average Bonchev–Trinajstić information content (AvgIpc) is 2.94. The Morgan fingerprint density at radius 3 is 1.25 bits per heavy atom. The molecule has 0 bridgehead atoms. The molecule has 0 aromatic heterocycles. The highest BCUT2D eigenvalue weighted by Crippen LogP contribution is 2.50. The number of benzene rings is 4. The van der Waals surface area contributed by atoms with E-state index in [1.54, 1.807) is 28.4 Å². The molecule has 0 spiro atoms. The Labute approximate surface area is 236 Å². The third-order valence-corrected chi connectivity index (χ3v) is 8.52. The second-order valence-corrected chi connectivity index (χ2v) is 11.0. The maximum atomic E-state index is 6.17. The fraction of sp³-hybridized carbons (Fsp3) is 0.412. The molecule has 2 aliphatic heterocycles. The standard InChI is InChI=1S/C34H38O6/c1-17-13-27-29(19(3)39-17)33(37-7)23-11-9-21(15-25(23)31(27)35-5)22-10-12-24-26(16-22)32(36-6)28-14-18(2)40-20(4)30(28)34(24)38-8/h9-12,15-20H,13-14H2,1-8H3/t17-,18-,19-,20+/m0/s1. The van der Waals surface area contributed by atoms with E-state index < -0.39 is 0 Å². The van der Waals surface area contributed by atoms with Crippen LogP contribution in [0.2, 0.25) is 0 Å². The van der Waals surface area contributed by atoms with Gasteiger partial charge in [0.05, 0.1) is 52.9 Å². The van der Waals surface area contributed by atoms with Crippen molar-refractivity contribution in [3.8, 4) is 34.1 Å². The van der Waals surface area contributed by atoms with Crippen molar-refractivity contribution in [3.05, 3.63) is 58.7 Å². The summed E-state index contributed by atoms with van der Waals surface area (Å²) >= 11 is 0. The second-order valence-electron chi connectivity index (χ2n) is 11.0. The van der Waals surface area contributed by atoms with Crippen LogP contribution in [-0.2, 0) is 22.3 Å². The highest BCUT2D eigenvalue weighted by molar-refractivity contribution is 6.02. The summed E-state index contributed by atoms with van der Waals surface area (Å²) in [6.07, 6.45) is 1.61. The van der Waals surface area contributed by atoms with Crippen molar-refractivity contribution in [2.24, 2.45) is 0 Å². The van der Waals surface area contributed by atoms with E-state index in [-0.39, 0.29) is 24.4 Å². The molecule has 4 atom stereocenters. The average molecular weight is 543 g/mol. The van der Waals surface area contributed by atoms with Gasteiger partial charge < -0.3 is 28.4 Å². The van der Waals surface area contributed by atoms with Crippen LogP contribution < -0.4 is 18.9 Å². The van der Waals surface area contributed by atoms with Gasteiger partial charge in [-0.05, 0) is 63.1 Å². The lowest BCUT2D eigenvalue weighted by Crippen LogP contribution is -2.23. The van der Waals surface area contributed by atoms with E-state index in [0.29, 0.717) is 0 Å². The molecule has 0 aliphatic carbocycles. The number of rotatable bonds is 5. The number of hydrogen-bond acceptors (Lipinski definition) is 6. The molecular weight excluding hydrogens is 504 g/mol. The molecule has 0 amide bonds. The summed E-state index contributed by atoms with van der Waals surface area (Å²) in [5, 5.41) is 4.10. The van der Waals surface area contributed by atoms with Gasteiger partial charge in [-0.15, -0.1) is 0 Å². The van der Waals surface area contributed by atoms with E-state index in [2.05, 4.69) is 64.1 Å². The smallest absolute Gasteiger partial charge is 0.133 e. The van der Waals surface area contributed by atoms with Crippen molar-refractivity contribution >= 4 is 21.5 Å². The molecule has 0 saturated heterocycles. The minimum Gasteiger partial charge on any atom is -0.496 e. The van der Waals surface area contributed by atoms with Crippen molar-refractivity contribution in [1.82, 2.24) is 0 Å². The fourth-order valence-electron chi connectivity index (χ4n) is 7.03. The van der Waals surface area contributed by atoms with Crippen LogP contribution in [0.5, 0.6) is 23.0 Å². The summed E-state index contributed by atoms with van der Waals surface area (Å²) in [5.74, 6) is 3.51. The highest BCUT2D eigenvalue weighted by Gasteiger charge is 2.32. The summed E-state index contributed by atoms with van der Waals surface area (Å²) < 4.78 is 36.4. The maximum absolute atomic E-state index is 6.17. The summed E-state index contributed by atoms with van der Waals surface area (Å²) in [5.41, 5.74) is 6.67. The summed E-state index contributed by atoms with van der Waals surface area (Å²) in [6.45, 7) is 8.38. The minimum atomic E-state index is -0.0728. The predicted molar refractivity (Wildman–Crippen MR) is 158 cm³/mol. The quantitative estimate of drug-likeness (QED) is 0.257. The number of fused-ring (bicyclic) bond motifs is 4. The lowest BCUT2D eigenvalue weighted by Gasteiger charge is -2.32. The van der Waals surface area contributed by atoms with E-state index in [0.717, 1.165) is 90.8 Å². The van der Waals surface area contributed by atoms with Gasteiger partial charge in [0.1, 0.15) is 23.0 Å². The molecule has 210 valence electrons. The topological polar surface area (TPSA) is 55.4 Å². The van der Waals surface area contributed by atoms with Crippen molar-refractivity contribution in [1.29, 1.82) is 0 Å². The molecule has 0 saturated carbocycles. The zero-order chi connectivity index (χ0) is 28.3. The first kappa shape index (κ1) is 26.7. The third-order valence-electron chi connectivity index (χ3n) is 8.52. The number of hydrogen-bond donors (Lipinski definition) is 0. The SMILES string of the molecule is COc1c2c(c(OC)c3ccc(-c4ccc5c(OC)c6c(c(OC)c5c4)C[C@H](C)O[C@@H]6C)cc13)[C@H](C)O[C@@H](C)C2. The van der Waals surface area contributed by atoms with Crippen LogP contribution in [0.1, 0.15) is 62.2 Å². The zero-order valence-electron chi connectivity index (χ0n) is 24.6. The van der Waals surface area contributed by atoms with Crippen LogP contribution in [0.15, 0.2) is 36.4 Å². The van der Waals surface area contributed by atoms with E-state index in [1.165, 1.54) is 0 Å². The fourth-order valence-corrected chi connectivity index (χ4v) is 7.03. The van der Waals surface area contributed by atoms with E-state index in [4.69, 9.17) is 28.4 Å². The first-order valence-electron chi connectivity index (χ1n) is 14.0. The number of methoxy groups -OCH3 is 4. The van der Waals surface area contributed by atoms with Gasteiger partial charge >= 0.3 is 0 Å². The van der Waals surface area contributed by atoms with Gasteiger partial charge in [-0.1, -0.05) is 12.1 Å². The Morgan fingerprint density at radius 1 is 0.525 bits per heavy atom. The molecule has 4 aromatic carbocycles. The molecular formula is C34H38O6. The van der Waals surface area contributed by atoms with Gasteiger partial charge in [0.25, 0.3) is 0 Å². The van der Waals surface area contributed by atoms with E-state index >= 15 is 0 Å². The van der Waals surface area contributed by atoms with Crippen LogP contribution >= 0.6 is 0 Å². The Balaban J connectivity index is 1.59. The molecule has 6 nitrogen and oxygen atoms in total. The predicted octanol–water partition coefficient (Wildman–Crippen LogP) is 7.74. The maximum Gasteiger partial charge on any atom is 0.133 e. The Bertz CT molecular complexity index is 1500. The van der Waals surface area contributed by atoms with Gasteiger partial charge in [-0.2, -0.15) is 0 Å². The lowest BCUT2D eigenvalue weighted by atomic mass is 9.87. The van der Waals surface area contributed by atoms with Crippen molar-refractivity contribution in [2.75, 3.05) is 28.4 Å². The first-order valence-corrected chi connectivity index (χ1v) is 14.0. The van der Waals surface area contributed by atoms with Crippen LogP contribution in [0.25, 0.3) is 32.7 Å². The molecule has 6 heteroatoms. The normalized spacial score (nSPS) is 22.1.